The van der Waals surface area contributed by atoms with Crippen molar-refractivity contribution in [2.45, 2.75) is 39.2 Å². The molecule has 1 N–H and O–H groups in total. The second-order valence-electron chi connectivity index (χ2n) is 5.71. The average Bonchev–Trinajstić information content (AvgIpc) is 2.75. The predicted molar refractivity (Wildman–Crippen MR) is 80.7 cm³/mol. The maximum absolute atomic E-state index is 14.0. The van der Waals surface area contributed by atoms with Crippen LogP contribution in [0.2, 0.25) is 5.02 Å². The zero-order valence-electron chi connectivity index (χ0n) is 12.2. The van der Waals surface area contributed by atoms with E-state index in [-0.39, 0.29) is 17.3 Å². The summed E-state index contributed by atoms with van der Waals surface area (Å²) >= 11 is 5.82. The van der Waals surface area contributed by atoms with Crippen LogP contribution in [0.4, 0.5) is 4.39 Å². The van der Waals surface area contributed by atoms with Gasteiger partial charge in [0, 0.05) is 23.6 Å². The van der Waals surface area contributed by atoms with Crippen LogP contribution in [0.5, 0.6) is 0 Å². The molecule has 4 heteroatoms. The fourth-order valence-electron chi connectivity index (χ4n) is 2.90. The van der Waals surface area contributed by atoms with Crippen molar-refractivity contribution in [3.05, 3.63) is 34.6 Å². The molecule has 1 aliphatic heterocycles. The number of benzene rings is 1. The zero-order valence-corrected chi connectivity index (χ0v) is 13.0. The number of hydrogen-bond donors (Lipinski definition) is 1. The maximum Gasteiger partial charge on any atom is 0.127 e. The van der Waals surface area contributed by atoms with Crippen molar-refractivity contribution in [3.63, 3.8) is 0 Å². The van der Waals surface area contributed by atoms with Crippen molar-refractivity contribution in [2.75, 3.05) is 19.7 Å². The van der Waals surface area contributed by atoms with E-state index in [1.807, 2.05) is 0 Å². The van der Waals surface area contributed by atoms with Gasteiger partial charge >= 0.3 is 0 Å². The van der Waals surface area contributed by atoms with Gasteiger partial charge in [0.05, 0.1) is 6.10 Å². The Hall–Kier alpha value is -0.640. The molecular weight excluding hydrogens is 277 g/mol. The van der Waals surface area contributed by atoms with Crippen LogP contribution < -0.4 is 5.32 Å². The molecule has 1 aliphatic rings. The molecule has 1 heterocycles. The van der Waals surface area contributed by atoms with Crippen molar-refractivity contribution in [1.29, 1.82) is 0 Å². The summed E-state index contributed by atoms with van der Waals surface area (Å²) < 4.78 is 19.8. The molecule has 0 spiro atoms. The Kier molecular flexibility index (Phi) is 5.42. The van der Waals surface area contributed by atoms with Gasteiger partial charge in [-0.05, 0) is 50.4 Å². The van der Waals surface area contributed by atoms with Gasteiger partial charge in [0.15, 0.2) is 0 Å². The molecule has 1 fully saturated rings. The third-order valence-corrected chi connectivity index (χ3v) is 4.53. The van der Waals surface area contributed by atoms with Crippen LogP contribution >= 0.6 is 11.6 Å². The second kappa shape index (κ2) is 6.88. The van der Waals surface area contributed by atoms with Gasteiger partial charge in [-0.15, -0.1) is 0 Å². The van der Waals surface area contributed by atoms with Crippen LogP contribution in [0, 0.1) is 11.2 Å². The predicted octanol–water partition coefficient (Wildman–Crippen LogP) is 3.82. The highest BCUT2D eigenvalue weighted by atomic mass is 35.5. The Bertz CT molecular complexity index is 454. The fraction of sp³-hybridized carbons (Fsp3) is 0.625. The number of ether oxygens (including phenoxy) is 1. The Morgan fingerprint density at radius 1 is 1.50 bits per heavy atom. The third-order valence-electron chi connectivity index (χ3n) is 4.29. The first-order valence-electron chi connectivity index (χ1n) is 7.33. The maximum atomic E-state index is 14.0. The Morgan fingerprint density at radius 2 is 2.30 bits per heavy atom. The Balaban J connectivity index is 2.15. The summed E-state index contributed by atoms with van der Waals surface area (Å²) in [6, 6.07) is 4.95. The van der Waals surface area contributed by atoms with E-state index in [2.05, 4.69) is 19.2 Å². The van der Waals surface area contributed by atoms with Crippen molar-refractivity contribution < 1.29 is 9.13 Å². The molecule has 1 aromatic rings. The number of halogens is 2. The van der Waals surface area contributed by atoms with Crippen LogP contribution in [0.3, 0.4) is 0 Å². The van der Waals surface area contributed by atoms with E-state index in [1.54, 1.807) is 12.1 Å². The third kappa shape index (κ3) is 3.51. The van der Waals surface area contributed by atoms with Crippen LogP contribution in [-0.2, 0) is 11.2 Å². The summed E-state index contributed by atoms with van der Waals surface area (Å²) in [7, 11) is 0. The summed E-state index contributed by atoms with van der Waals surface area (Å²) in [6.45, 7) is 6.84. The first-order chi connectivity index (χ1) is 9.57. The second-order valence-corrected chi connectivity index (χ2v) is 6.15. The lowest BCUT2D eigenvalue weighted by Crippen LogP contribution is -2.41. The quantitative estimate of drug-likeness (QED) is 0.806. The first-order valence-corrected chi connectivity index (χ1v) is 7.71. The van der Waals surface area contributed by atoms with E-state index in [1.165, 1.54) is 6.07 Å². The minimum Gasteiger partial charge on any atom is -0.378 e. The summed E-state index contributed by atoms with van der Waals surface area (Å²) in [5, 5.41) is 3.92. The van der Waals surface area contributed by atoms with Gasteiger partial charge < -0.3 is 10.1 Å². The molecule has 2 nitrogen and oxygen atoms in total. The SMILES string of the molecule is CCCNCC1(Cc2ccc(Cl)cc2F)CCOC1C. The Morgan fingerprint density at radius 3 is 2.90 bits per heavy atom. The lowest BCUT2D eigenvalue weighted by atomic mass is 9.76. The number of hydrogen-bond acceptors (Lipinski definition) is 2. The molecule has 0 radical (unpaired) electrons. The molecule has 2 rings (SSSR count). The summed E-state index contributed by atoms with van der Waals surface area (Å²) in [5.74, 6) is -0.216. The Labute approximate surface area is 125 Å². The first kappa shape index (κ1) is 15.7. The highest BCUT2D eigenvalue weighted by Crippen LogP contribution is 2.38. The molecule has 0 saturated carbocycles. The van der Waals surface area contributed by atoms with Gasteiger partial charge in [0.2, 0.25) is 0 Å². The van der Waals surface area contributed by atoms with Crippen LogP contribution in [0.25, 0.3) is 0 Å². The number of rotatable bonds is 6. The van der Waals surface area contributed by atoms with E-state index in [9.17, 15) is 4.39 Å². The normalized spacial score (nSPS) is 26.1. The fourth-order valence-corrected chi connectivity index (χ4v) is 3.06. The lowest BCUT2D eigenvalue weighted by molar-refractivity contribution is 0.0627. The molecule has 2 atom stereocenters. The minimum absolute atomic E-state index is 0.0240. The number of nitrogens with one attached hydrogen (secondary N) is 1. The smallest absolute Gasteiger partial charge is 0.127 e. The molecule has 1 saturated heterocycles. The van der Waals surface area contributed by atoms with Crippen LogP contribution in [0.15, 0.2) is 18.2 Å². The van der Waals surface area contributed by atoms with Crippen LogP contribution in [0.1, 0.15) is 32.3 Å². The zero-order chi connectivity index (χ0) is 14.6. The molecule has 0 bridgehead atoms. The summed E-state index contributed by atoms with van der Waals surface area (Å²) in [5.41, 5.74) is 0.703. The van der Waals surface area contributed by atoms with Crippen molar-refractivity contribution in [2.24, 2.45) is 5.41 Å². The average molecular weight is 300 g/mol. The van der Waals surface area contributed by atoms with Gasteiger partial charge in [0.1, 0.15) is 5.82 Å². The standard InChI is InChI=1S/C16H23ClFNO/c1-3-7-19-11-16(6-8-20-12(16)2)10-13-4-5-14(17)9-15(13)18/h4-5,9,12,19H,3,6-8,10-11H2,1-2H3. The van der Waals surface area contributed by atoms with E-state index < -0.39 is 0 Å². The van der Waals surface area contributed by atoms with Gasteiger partial charge in [0.25, 0.3) is 0 Å². The minimum atomic E-state index is -0.216. The van der Waals surface area contributed by atoms with Gasteiger partial charge in [-0.25, -0.2) is 4.39 Å². The summed E-state index contributed by atoms with van der Waals surface area (Å²) in [4.78, 5) is 0. The molecule has 0 amide bonds. The molecule has 0 aromatic heterocycles. The van der Waals surface area contributed by atoms with Crippen molar-refractivity contribution >= 4 is 11.6 Å². The molecule has 0 aliphatic carbocycles. The van der Waals surface area contributed by atoms with Gasteiger partial charge in [-0.1, -0.05) is 24.6 Å². The largest absolute Gasteiger partial charge is 0.378 e. The molecular formula is C16H23ClFNO. The monoisotopic (exact) mass is 299 g/mol. The molecule has 20 heavy (non-hydrogen) atoms. The van der Waals surface area contributed by atoms with Crippen molar-refractivity contribution in [1.82, 2.24) is 5.32 Å². The highest BCUT2D eigenvalue weighted by Gasteiger charge is 2.41. The van der Waals surface area contributed by atoms with E-state index in [4.69, 9.17) is 16.3 Å². The van der Waals surface area contributed by atoms with Gasteiger partial charge in [-0.2, -0.15) is 0 Å². The van der Waals surface area contributed by atoms with Crippen LogP contribution in [-0.4, -0.2) is 25.8 Å². The van der Waals surface area contributed by atoms with Gasteiger partial charge in [-0.3, -0.25) is 0 Å². The molecule has 1 aromatic carbocycles. The summed E-state index contributed by atoms with van der Waals surface area (Å²) in [6.07, 6.45) is 2.89. The topological polar surface area (TPSA) is 21.3 Å². The van der Waals surface area contributed by atoms with Crippen molar-refractivity contribution in [3.8, 4) is 0 Å². The molecule has 2 unspecified atom stereocenters. The molecule has 112 valence electrons. The van der Waals surface area contributed by atoms with E-state index in [0.29, 0.717) is 11.4 Å². The lowest BCUT2D eigenvalue weighted by Gasteiger charge is -2.33. The van der Waals surface area contributed by atoms with E-state index in [0.717, 1.165) is 38.1 Å². The highest BCUT2D eigenvalue weighted by molar-refractivity contribution is 6.30. The van der Waals surface area contributed by atoms with E-state index >= 15 is 0 Å².